The van der Waals surface area contributed by atoms with Crippen LogP contribution in [-0.2, 0) is 0 Å². The van der Waals surface area contributed by atoms with Crippen LogP contribution < -0.4 is 9.64 Å². The molecule has 31 heavy (non-hydrogen) atoms. The fourth-order valence-corrected chi connectivity index (χ4v) is 4.38. The van der Waals surface area contributed by atoms with Crippen molar-refractivity contribution in [2.75, 3.05) is 18.0 Å². The van der Waals surface area contributed by atoms with Crippen molar-refractivity contribution in [1.82, 2.24) is 9.97 Å². The minimum atomic E-state index is -0.528. The van der Waals surface area contributed by atoms with Crippen molar-refractivity contribution in [3.05, 3.63) is 81.8 Å². The maximum atomic E-state index is 11.4. The maximum Gasteiger partial charge on any atom is 0.348 e. The van der Waals surface area contributed by atoms with Crippen LogP contribution in [0, 0.1) is 10.1 Å². The number of benzene rings is 2. The van der Waals surface area contributed by atoms with E-state index < -0.39 is 10.5 Å². The summed E-state index contributed by atoms with van der Waals surface area (Å²) in [6.45, 7) is 1.13. The highest BCUT2D eigenvalue weighted by atomic mass is 35.5. The SMILES string of the molecule is O=[N+]([O-])c1c(Cl)ncnc1N1CCC2(C=Cc3cc(-c4ccccc4)ccc3O2)CC1. The van der Waals surface area contributed by atoms with Crippen molar-refractivity contribution in [3.8, 4) is 16.9 Å². The van der Waals surface area contributed by atoms with Crippen molar-refractivity contribution in [3.63, 3.8) is 0 Å². The molecule has 5 rings (SSSR count). The highest BCUT2D eigenvalue weighted by Crippen LogP contribution is 2.40. The molecule has 7 nitrogen and oxygen atoms in total. The predicted molar refractivity (Wildman–Crippen MR) is 119 cm³/mol. The summed E-state index contributed by atoms with van der Waals surface area (Å²) in [6.07, 6.45) is 6.85. The van der Waals surface area contributed by atoms with Crippen LogP contribution in [0.4, 0.5) is 11.5 Å². The number of hydrogen-bond acceptors (Lipinski definition) is 6. The van der Waals surface area contributed by atoms with Gasteiger partial charge >= 0.3 is 5.69 Å². The van der Waals surface area contributed by atoms with Gasteiger partial charge in [0.15, 0.2) is 0 Å². The molecule has 0 unspecified atom stereocenters. The lowest BCUT2D eigenvalue weighted by molar-refractivity contribution is -0.384. The van der Waals surface area contributed by atoms with Crippen LogP contribution in [0.1, 0.15) is 18.4 Å². The second kappa shape index (κ2) is 7.67. The van der Waals surface area contributed by atoms with Gasteiger partial charge in [0.05, 0.1) is 4.92 Å². The van der Waals surface area contributed by atoms with E-state index in [2.05, 4.69) is 46.4 Å². The van der Waals surface area contributed by atoms with Crippen LogP contribution in [0.3, 0.4) is 0 Å². The van der Waals surface area contributed by atoms with E-state index in [1.165, 1.54) is 6.33 Å². The van der Waals surface area contributed by atoms with Gasteiger partial charge in [0.1, 0.15) is 17.7 Å². The number of ether oxygens (including phenoxy) is 1. The highest BCUT2D eigenvalue weighted by Gasteiger charge is 2.39. The second-order valence-corrected chi connectivity index (χ2v) is 8.06. The molecule has 0 saturated carbocycles. The monoisotopic (exact) mass is 434 g/mol. The van der Waals surface area contributed by atoms with Gasteiger partial charge in [0.25, 0.3) is 0 Å². The van der Waals surface area contributed by atoms with Gasteiger partial charge in [-0.05, 0) is 29.3 Å². The summed E-state index contributed by atoms with van der Waals surface area (Å²) >= 11 is 5.94. The summed E-state index contributed by atoms with van der Waals surface area (Å²) in [5, 5.41) is 11.3. The molecule has 2 aliphatic rings. The van der Waals surface area contributed by atoms with Gasteiger partial charge < -0.3 is 9.64 Å². The van der Waals surface area contributed by atoms with E-state index >= 15 is 0 Å². The lowest BCUT2D eigenvalue weighted by Crippen LogP contribution is -2.48. The van der Waals surface area contributed by atoms with Crippen molar-refractivity contribution in [2.24, 2.45) is 0 Å². The van der Waals surface area contributed by atoms with E-state index in [1.54, 1.807) is 0 Å². The Balaban J connectivity index is 1.35. The number of halogens is 1. The first-order valence-electron chi connectivity index (χ1n) is 10.0. The summed E-state index contributed by atoms with van der Waals surface area (Å²) in [6, 6.07) is 16.5. The molecule has 0 amide bonds. The summed E-state index contributed by atoms with van der Waals surface area (Å²) in [5.41, 5.74) is 2.68. The Labute approximate surface area is 184 Å². The van der Waals surface area contributed by atoms with Crippen molar-refractivity contribution in [2.45, 2.75) is 18.4 Å². The first kappa shape index (κ1) is 19.5. The van der Waals surface area contributed by atoms with Gasteiger partial charge in [-0.15, -0.1) is 0 Å². The van der Waals surface area contributed by atoms with Gasteiger partial charge in [0, 0.05) is 31.5 Å². The topological polar surface area (TPSA) is 81.4 Å². The number of piperidine rings is 1. The second-order valence-electron chi connectivity index (χ2n) is 7.70. The number of hydrogen-bond donors (Lipinski definition) is 0. The molecule has 2 aliphatic heterocycles. The van der Waals surface area contributed by atoms with Crippen molar-refractivity contribution < 1.29 is 9.66 Å². The zero-order chi connectivity index (χ0) is 21.4. The Kier molecular flexibility index (Phi) is 4.82. The minimum absolute atomic E-state index is 0.146. The van der Waals surface area contributed by atoms with Crippen LogP contribution in [-0.4, -0.2) is 33.6 Å². The predicted octanol–water partition coefficient (Wildman–Crippen LogP) is 5.15. The zero-order valence-corrected chi connectivity index (χ0v) is 17.3. The van der Waals surface area contributed by atoms with Crippen molar-refractivity contribution >= 4 is 29.2 Å². The normalized spacial score (nSPS) is 16.6. The Bertz CT molecular complexity index is 1170. The van der Waals surface area contributed by atoms with Gasteiger partial charge in [-0.3, -0.25) is 10.1 Å². The van der Waals surface area contributed by atoms with Crippen LogP contribution >= 0.6 is 11.6 Å². The number of aromatic nitrogens is 2. The molecule has 0 radical (unpaired) electrons. The zero-order valence-electron chi connectivity index (χ0n) is 16.6. The summed E-state index contributed by atoms with van der Waals surface area (Å²) in [5.74, 6) is 1.11. The van der Waals surface area contributed by atoms with Crippen LogP contribution in [0.5, 0.6) is 5.75 Å². The third-order valence-corrected chi connectivity index (χ3v) is 6.12. The van der Waals surface area contributed by atoms with Gasteiger partial charge in [-0.1, -0.05) is 54.1 Å². The highest BCUT2D eigenvalue weighted by molar-refractivity contribution is 6.31. The molecule has 0 N–H and O–H groups in total. The molecular formula is C23H19ClN4O3. The summed E-state index contributed by atoms with van der Waals surface area (Å²) in [7, 11) is 0. The number of nitrogens with zero attached hydrogens (tertiary/aromatic N) is 4. The van der Waals surface area contributed by atoms with E-state index in [-0.39, 0.29) is 16.7 Å². The number of rotatable bonds is 3. The van der Waals surface area contributed by atoms with E-state index in [1.807, 2.05) is 29.2 Å². The van der Waals surface area contributed by atoms with Gasteiger partial charge in [-0.2, -0.15) is 0 Å². The molecule has 3 aromatic rings. The Morgan fingerprint density at radius 2 is 1.84 bits per heavy atom. The van der Waals surface area contributed by atoms with Crippen LogP contribution in [0.25, 0.3) is 17.2 Å². The number of nitro groups is 1. The minimum Gasteiger partial charge on any atom is -0.482 e. The molecule has 156 valence electrons. The van der Waals surface area contributed by atoms with E-state index in [0.717, 1.165) is 22.4 Å². The largest absolute Gasteiger partial charge is 0.482 e. The van der Waals surface area contributed by atoms with Crippen LogP contribution in [0.2, 0.25) is 5.15 Å². The first-order chi connectivity index (χ1) is 15.0. The Morgan fingerprint density at radius 3 is 2.58 bits per heavy atom. The van der Waals surface area contributed by atoms with Crippen molar-refractivity contribution in [1.29, 1.82) is 0 Å². The first-order valence-corrected chi connectivity index (χ1v) is 10.4. The molecule has 0 aliphatic carbocycles. The average Bonchev–Trinajstić information content (AvgIpc) is 2.79. The smallest absolute Gasteiger partial charge is 0.348 e. The average molecular weight is 435 g/mol. The summed E-state index contributed by atoms with van der Waals surface area (Å²) in [4.78, 5) is 20.6. The molecule has 3 heterocycles. The fourth-order valence-electron chi connectivity index (χ4n) is 4.18. The molecular weight excluding hydrogens is 416 g/mol. The lowest BCUT2D eigenvalue weighted by atomic mass is 9.87. The molecule has 0 atom stereocenters. The van der Waals surface area contributed by atoms with E-state index in [9.17, 15) is 10.1 Å². The van der Waals surface area contributed by atoms with E-state index in [4.69, 9.17) is 16.3 Å². The van der Waals surface area contributed by atoms with Gasteiger partial charge in [0.2, 0.25) is 11.0 Å². The fraction of sp³-hybridized carbons (Fsp3) is 0.217. The van der Waals surface area contributed by atoms with Gasteiger partial charge in [-0.25, -0.2) is 9.97 Å². The third-order valence-electron chi connectivity index (χ3n) is 5.85. The molecule has 1 fully saturated rings. The third kappa shape index (κ3) is 3.61. The Morgan fingerprint density at radius 1 is 1.06 bits per heavy atom. The Hall–Kier alpha value is -3.45. The molecule has 2 aromatic carbocycles. The lowest BCUT2D eigenvalue weighted by Gasteiger charge is -2.42. The van der Waals surface area contributed by atoms with Crippen LogP contribution in [0.15, 0.2) is 60.9 Å². The number of fused-ring (bicyclic) bond motifs is 1. The number of anilines is 1. The molecule has 1 aromatic heterocycles. The summed E-state index contributed by atoms with van der Waals surface area (Å²) < 4.78 is 6.43. The standard InChI is InChI=1S/C23H19ClN4O3/c24-21-20(28(29)30)22(26-15-25-21)27-12-10-23(11-13-27)9-8-18-14-17(6-7-19(18)31-23)16-4-2-1-3-5-16/h1-9,14-15H,10-13H2. The molecule has 0 bridgehead atoms. The molecule has 8 heteroatoms. The quantitative estimate of drug-likeness (QED) is 0.322. The molecule has 1 spiro atoms. The molecule has 1 saturated heterocycles. The maximum absolute atomic E-state index is 11.4. The van der Waals surface area contributed by atoms with E-state index in [0.29, 0.717) is 25.9 Å².